The summed E-state index contributed by atoms with van der Waals surface area (Å²) in [6, 6.07) is 14.1. The van der Waals surface area contributed by atoms with Crippen LogP contribution in [0.1, 0.15) is 5.56 Å². The van der Waals surface area contributed by atoms with Crippen molar-refractivity contribution >= 4 is 16.9 Å². The molecule has 0 atom stereocenters. The average molecular weight is 214 g/mol. The van der Waals surface area contributed by atoms with Crippen molar-refractivity contribution in [3.8, 4) is 0 Å². The van der Waals surface area contributed by atoms with Crippen molar-refractivity contribution in [3.63, 3.8) is 0 Å². The van der Waals surface area contributed by atoms with Gasteiger partial charge in [-0.2, -0.15) is 0 Å². The fourth-order valence-corrected chi connectivity index (χ4v) is 1.81. The maximum atomic E-state index is 10.2. The Morgan fingerprint density at radius 1 is 1.12 bits per heavy atom. The molecule has 1 N–H and O–H groups in total. The zero-order chi connectivity index (χ0) is 11.4. The maximum absolute atomic E-state index is 10.2. The smallest absolute Gasteiger partial charge is 0.134 e. The molecule has 2 aromatic rings. The summed E-state index contributed by atoms with van der Waals surface area (Å²) in [5, 5.41) is 14.8. The molecule has 0 aromatic heterocycles. The van der Waals surface area contributed by atoms with Gasteiger partial charge in [0.05, 0.1) is 0 Å². The van der Waals surface area contributed by atoms with E-state index in [0.717, 1.165) is 5.56 Å². The molecular weight excluding hydrogens is 202 g/mol. The van der Waals surface area contributed by atoms with Crippen molar-refractivity contribution in [2.75, 3.05) is 6.54 Å². The number of carbonyl (C=O) groups is 1. The standard InChI is InChI=1S/C13H13NO2/c15-13(16)14-9-8-11-6-3-5-10-4-1-2-7-12(10)11/h1-7,14H,8-9H2,(H,15,16)/p-1. The second kappa shape index (κ2) is 4.66. The Bertz CT molecular complexity index is 503. The van der Waals surface area contributed by atoms with Crippen LogP contribution in [-0.4, -0.2) is 12.6 Å². The summed E-state index contributed by atoms with van der Waals surface area (Å²) in [6.45, 7) is 0.385. The Labute approximate surface area is 93.7 Å². The Kier molecular flexibility index (Phi) is 3.05. The summed E-state index contributed by atoms with van der Waals surface area (Å²) < 4.78 is 0. The summed E-state index contributed by atoms with van der Waals surface area (Å²) in [5.41, 5.74) is 1.15. The first-order valence-corrected chi connectivity index (χ1v) is 5.19. The molecule has 3 heteroatoms. The third-order valence-corrected chi connectivity index (χ3v) is 2.54. The number of amides is 1. The van der Waals surface area contributed by atoms with Crippen molar-refractivity contribution in [1.29, 1.82) is 0 Å². The molecule has 0 heterocycles. The molecule has 16 heavy (non-hydrogen) atoms. The van der Waals surface area contributed by atoms with E-state index >= 15 is 0 Å². The van der Waals surface area contributed by atoms with Gasteiger partial charge in [0, 0.05) is 6.54 Å². The van der Waals surface area contributed by atoms with Gasteiger partial charge in [-0.1, -0.05) is 42.5 Å². The predicted molar refractivity (Wildman–Crippen MR) is 61.1 cm³/mol. The SMILES string of the molecule is O=C([O-])NCCc1cccc2ccccc12. The van der Waals surface area contributed by atoms with Gasteiger partial charge >= 0.3 is 0 Å². The van der Waals surface area contributed by atoms with E-state index in [0.29, 0.717) is 13.0 Å². The van der Waals surface area contributed by atoms with E-state index in [1.54, 1.807) is 0 Å². The largest absolute Gasteiger partial charge is 0.530 e. The van der Waals surface area contributed by atoms with Gasteiger partial charge in [0.15, 0.2) is 0 Å². The maximum Gasteiger partial charge on any atom is 0.134 e. The summed E-state index contributed by atoms with van der Waals surface area (Å²) in [6.07, 6.45) is -0.546. The summed E-state index contributed by atoms with van der Waals surface area (Å²) in [4.78, 5) is 10.2. The summed E-state index contributed by atoms with van der Waals surface area (Å²) >= 11 is 0. The lowest BCUT2D eigenvalue weighted by Crippen LogP contribution is -2.37. The van der Waals surface area contributed by atoms with E-state index in [1.807, 2.05) is 42.5 Å². The Morgan fingerprint density at radius 3 is 2.69 bits per heavy atom. The molecule has 82 valence electrons. The van der Waals surface area contributed by atoms with E-state index < -0.39 is 6.09 Å². The predicted octanol–water partition coefficient (Wildman–Crippen LogP) is 1.32. The second-order valence-electron chi connectivity index (χ2n) is 3.60. The number of hydrogen-bond acceptors (Lipinski definition) is 2. The van der Waals surface area contributed by atoms with Crippen LogP contribution in [0.3, 0.4) is 0 Å². The van der Waals surface area contributed by atoms with Crippen LogP contribution in [0.15, 0.2) is 42.5 Å². The lowest BCUT2D eigenvalue weighted by atomic mass is 10.0. The van der Waals surface area contributed by atoms with Gasteiger partial charge in [0.2, 0.25) is 0 Å². The van der Waals surface area contributed by atoms with Crippen LogP contribution < -0.4 is 10.4 Å². The first-order valence-electron chi connectivity index (χ1n) is 5.19. The highest BCUT2D eigenvalue weighted by atomic mass is 16.4. The van der Waals surface area contributed by atoms with Gasteiger partial charge in [-0.15, -0.1) is 0 Å². The van der Waals surface area contributed by atoms with Gasteiger partial charge in [0.1, 0.15) is 6.09 Å². The molecular formula is C13H12NO2-. The normalized spacial score (nSPS) is 10.2. The third kappa shape index (κ3) is 2.31. The molecule has 0 spiro atoms. The number of hydrogen-bond donors (Lipinski definition) is 1. The number of rotatable bonds is 3. The molecule has 0 aliphatic carbocycles. The monoisotopic (exact) mass is 214 g/mol. The van der Waals surface area contributed by atoms with Crippen LogP contribution in [0.5, 0.6) is 0 Å². The number of nitrogens with one attached hydrogen (secondary N) is 1. The van der Waals surface area contributed by atoms with E-state index in [2.05, 4.69) is 5.32 Å². The topological polar surface area (TPSA) is 52.2 Å². The highest BCUT2D eigenvalue weighted by Gasteiger charge is 1.99. The lowest BCUT2D eigenvalue weighted by molar-refractivity contribution is -0.250. The van der Waals surface area contributed by atoms with Crippen LogP contribution in [-0.2, 0) is 6.42 Å². The number of carboxylic acid groups (broad SMARTS) is 1. The van der Waals surface area contributed by atoms with Crippen molar-refractivity contribution in [3.05, 3.63) is 48.0 Å². The fraction of sp³-hybridized carbons (Fsp3) is 0.154. The van der Waals surface area contributed by atoms with Gasteiger partial charge < -0.3 is 15.2 Å². The van der Waals surface area contributed by atoms with Gasteiger partial charge in [-0.05, 0) is 22.8 Å². The minimum atomic E-state index is -1.22. The van der Waals surface area contributed by atoms with Crippen LogP contribution in [0.4, 0.5) is 4.79 Å². The van der Waals surface area contributed by atoms with E-state index in [-0.39, 0.29) is 0 Å². The van der Waals surface area contributed by atoms with Crippen LogP contribution >= 0.6 is 0 Å². The lowest BCUT2D eigenvalue weighted by Gasteiger charge is -2.08. The number of carbonyl (C=O) groups excluding carboxylic acids is 1. The molecule has 0 bridgehead atoms. The second-order valence-corrected chi connectivity index (χ2v) is 3.60. The molecule has 0 unspecified atom stereocenters. The summed E-state index contributed by atoms with van der Waals surface area (Å²) in [7, 11) is 0. The van der Waals surface area contributed by atoms with Gasteiger partial charge in [-0.3, -0.25) is 0 Å². The van der Waals surface area contributed by atoms with Crippen molar-refractivity contribution in [2.45, 2.75) is 6.42 Å². The highest BCUT2D eigenvalue weighted by Crippen LogP contribution is 2.18. The number of fused-ring (bicyclic) bond motifs is 1. The molecule has 0 radical (unpaired) electrons. The van der Waals surface area contributed by atoms with Gasteiger partial charge in [-0.25, -0.2) is 0 Å². The Balaban J connectivity index is 2.20. The average Bonchev–Trinajstić information content (AvgIpc) is 2.29. The molecule has 1 amide bonds. The molecule has 0 saturated carbocycles. The first-order chi connectivity index (χ1) is 7.77. The zero-order valence-corrected chi connectivity index (χ0v) is 8.77. The van der Waals surface area contributed by atoms with E-state index in [4.69, 9.17) is 0 Å². The van der Waals surface area contributed by atoms with Crippen molar-refractivity contribution < 1.29 is 9.90 Å². The molecule has 0 saturated heterocycles. The van der Waals surface area contributed by atoms with Crippen LogP contribution in [0.2, 0.25) is 0 Å². The molecule has 3 nitrogen and oxygen atoms in total. The molecule has 0 aliphatic heterocycles. The summed E-state index contributed by atoms with van der Waals surface area (Å²) in [5.74, 6) is 0. The minimum Gasteiger partial charge on any atom is -0.530 e. The fourth-order valence-electron chi connectivity index (χ4n) is 1.81. The Morgan fingerprint density at radius 2 is 1.88 bits per heavy atom. The third-order valence-electron chi connectivity index (χ3n) is 2.54. The Hall–Kier alpha value is -2.03. The highest BCUT2D eigenvalue weighted by molar-refractivity contribution is 5.85. The first kappa shape index (κ1) is 10.5. The molecule has 0 aliphatic rings. The zero-order valence-electron chi connectivity index (χ0n) is 8.77. The van der Waals surface area contributed by atoms with Crippen LogP contribution in [0, 0.1) is 0 Å². The van der Waals surface area contributed by atoms with Gasteiger partial charge in [0.25, 0.3) is 0 Å². The van der Waals surface area contributed by atoms with E-state index in [1.165, 1.54) is 10.8 Å². The molecule has 2 aromatic carbocycles. The number of benzene rings is 2. The molecule has 0 fully saturated rings. The van der Waals surface area contributed by atoms with Crippen LogP contribution in [0.25, 0.3) is 10.8 Å². The van der Waals surface area contributed by atoms with Crippen molar-refractivity contribution in [1.82, 2.24) is 5.32 Å². The van der Waals surface area contributed by atoms with E-state index in [9.17, 15) is 9.90 Å². The molecule has 2 rings (SSSR count). The van der Waals surface area contributed by atoms with Crippen molar-refractivity contribution in [2.24, 2.45) is 0 Å². The quantitative estimate of drug-likeness (QED) is 0.837. The minimum absolute atomic E-state index is 0.385.